The van der Waals surface area contributed by atoms with E-state index in [2.05, 4.69) is 4.90 Å². The Bertz CT molecular complexity index is 454. The van der Waals surface area contributed by atoms with Crippen molar-refractivity contribution in [3.63, 3.8) is 0 Å². The molecule has 1 aliphatic rings. The van der Waals surface area contributed by atoms with Gasteiger partial charge in [0, 0.05) is 26.2 Å². The zero-order chi connectivity index (χ0) is 15.2. The summed E-state index contributed by atoms with van der Waals surface area (Å²) >= 11 is 0. The summed E-state index contributed by atoms with van der Waals surface area (Å²) in [6.45, 7) is 8.41. The van der Waals surface area contributed by atoms with Gasteiger partial charge in [0.15, 0.2) is 0 Å². The van der Waals surface area contributed by atoms with Crippen LogP contribution in [0.2, 0.25) is 0 Å². The van der Waals surface area contributed by atoms with E-state index in [0.717, 1.165) is 45.6 Å². The summed E-state index contributed by atoms with van der Waals surface area (Å²) in [7, 11) is 0. The van der Waals surface area contributed by atoms with E-state index in [1.807, 2.05) is 30.9 Å². The van der Waals surface area contributed by atoms with E-state index in [1.165, 1.54) is 5.56 Å². The molecule has 4 nitrogen and oxygen atoms in total. The number of amides is 1. The summed E-state index contributed by atoms with van der Waals surface area (Å²) in [6, 6.07) is 7.34. The molecule has 0 radical (unpaired) electrons. The molecule has 1 atom stereocenters. The van der Waals surface area contributed by atoms with Gasteiger partial charge in [-0.25, -0.2) is 0 Å². The molecule has 0 unspecified atom stereocenters. The van der Waals surface area contributed by atoms with Gasteiger partial charge in [-0.15, -0.1) is 0 Å². The molecule has 4 heteroatoms. The Balaban J connectivity index is 1.94. The Hall–Kier alpha value is -1.55. The maximum Gasteiger partial charge on any atom is 0.226 e. The second-order valence-electron chi connectivity index (χ2n) is 5.75. The highest BCUT2D eigenvalue weighted by atomic mass is 16.3. The zero-order valence-electron chi connectivity index (χ0n) is 13.1. The predicted molar refractivity (Wildman–Crippen MR) is 84.0 cm³/mol. The molecule has 1 aromatic rings. The van der Waals surface area contributed by atoms with Crippen molar-refractivity contribution in [1.29, 1.82) is 0 Å². The van der Waals surface area contributed by atoms with E-state index in [9.17, 15) is 9.90 Å². The van der Waals surface area contributed by atoms with E-state index >= 15 is 0 Å². The van der Waals surface area contributed by atoms with Crippen molar-refractivity contribution in [3.8, 4) is 5.75 Å². The number of phenols is 1. The predicted octanol–water partition coefficient (Wildman–Crippen LogP) is 2.47. The number of likely N-dealkylation sites (tertiary alicyclic amines) is 1. The van der Waals surface area contributed by atoms with Crippen LogP contribution >= 0.6 is 0 Å². The molecule has 0 aliphatic carbocycles. The summed E-state index contributed by atoms with van der Waals surface area (Å²) in [5.74, 6) is 0.734. The second-order valence-corrected chi connectivity index (χ2v) is 5.75. The summed E-state index contributed by atoms with van der Waals surface area (Å²) in [5.41, 5.74) is 1.18. The van der Waals surface area contributed by atoms with Crippen LogP contribution in [0.4, 0.5) is 0 Å². The minimum Gasteiger partial charge on any atom is -0.508 e. The molecular weight excluding hydrogens is 264 g/mol. The minimum absolute atomic E-state index is 0.135. The molecular formula is C17H26N2O2. The van der Waals surface area contributed by atoms with Crippen LogP contribution in [0.15, 0.2) is 24.3 Å². The molecule has 0 aromatic heterocycles. The molecule has 21 heavy (non-hydrogen) atoms. The van der Waals surface area contributed by atoms with Crippen molar-refractivity contribution >= 4 is 5.91 Å². The largest absolute Gasteiger partial charge is 0.508 e. The first kappa shape index (κ1) is 15.8. The van der Waals surface area contributed by atoms with Gasteiger partial charge in [0.05, 0.1) is 5.92 Å². The number of hydrogen-bond donors (Lipinski definition) is 1. The van der Waals surface area contributed by atoms with Crippen LogP contribution < -0.4 is 0 Å². The van der Waals surface area contributed by atoms with Gasteiger partial charge in [-0.1, -0.05) is 12.1 Å². The SMILES string of the molecule is CCN(CC)C(=O)[C@@H]1CCCN(Cc2ccc(O)cc2)C1. The second kappa shape index (κ2) is 7.46. The van der Waals surface area contributed by atoms with Crippen LogP contribution in [0.1, 0.15) is 32.3 Å². The van der Waals surface area contributed by atoms with Crippen LogP contribution in [0.5, 0.6) is 5.75 Å². The maximum atomic E-state index is 12.5. The Kier molecular flexibility index (Phi) is 5.62. The molecule has 1 heterocycles. The zero-order valence-corrected chi connectivity index (χ0v) is 13.1. The van der Waals surface area contributed by atoms with Crippen LogP contribution in [-0.4, -0.2) is 47.0 Å². The summed E-state index contributed by atoms with van der Waals surface area (Å²) in [4.78, 5) is 16.8. The van der Waals surface area contributed by atoms with Crippen LogP contribution in [0.25, 0.3) is 0 Å². The number of rotatable bonds is 5. The lowest BCUT2D eigenvalue weighted by Gasteiger charge is -2.34. The smallest absolute Gasteiger partial charge is 0.226 e. The highest BCUT2D eigenvalue weighted by Crippen LogP contribution is 2.21. The van der Waals surface area contributed by atoms with Gasteiger partial charge < -0.3 is 10.0 Å². The van der Waals surface area contributed by atoms with Gasteiger partial charge in [0.1, 0.15) is 5.75 Å². The van der Waals surface area contributed by atoms with Crippen molar-refractivity contribution in [2.45, 2.75) is 33.2 Å². The average molecular weight is 290 g/mol. The highest BCUT2D eigenvalue weighted by Gasteiger charge is 2.28. The number of nitrogens with zero attached hydrogens (tertiary/aromatic N) is 2. The standard InChI is InChI=1S/C17H26N2O2/c1-3-19(4-2)17(21)15-6-5-11-18(13-15)12-14-7-9-16(20)10-8-14/h7-10,15,20H,3-6,11-13H2,1-2H3/t15-/m1/s1. The Morgan fingerprint density at radius 1 is 1.29 bits per heavy atom. The molecule has 0 bridgehead atoms. The summed E-state index contributed by atoms with van der Waals surface area (Å²) in [6.07, 6.45) is 2.08. The lowest BCUT2D eigenvalue weighted by atomic mass is 9.96. The van der Waals surface area contributed by atoms with E-state index in [-0.39, 0.29) is 5.92 Å². The van der Waals surface area contributed by atoms with Gasteiger partial charge in [-0.05, 0) is 50.9 Å². The number of aromatic hydroxyl groups is 1. The normalized spacial score (nSPS) is 19.4. The monoisotopic (exact) mass is 290 g/mol. The molecule has 0 spiro atoms. The fraction of sp³-hybridized carbons (Fsp3) is 0.588. The quantitative estimate of drug-likeness (QED) is 0.906. The Morgan fingerprint density at radius 2 is 1.95 bits per heavy atom. The van der Waals surface area contributed by atoms with Crippen molar-refractivity contribution in [1.82, 2.24) is 9.80 Å². The minimum atomic E-state index is 0.135. The maximum absolute atomic E-state index is 12.5. The van der Waals surface area contributed by atoms with Crippen molar-refractivity contribution < 1.29 is 9.90 Å². The summed E-state index contributed by atoms with van der Waals surface area (Å²) in [5, 5.41) is 9.33. The van der Waals surface area contributed by atoms with Gasteiger partial charge in [-0.3, -0.25) is 9.69 Å². The molecule has 1 fully saturated rings. The topological polar surface area (TPSA) is 43.8 Å². The van der Waals surface area contributed by atoms with Gasteiger partial charge in [0.2, 0.25) is 5.91 Å². The van der Waals surface area contributed by atoms with Gasteiger partial charge >= 0.3 is 0 Å². The fourth-order valence-corrected chi connectivity index (χ4v) is 3.05. The van der Waals surface area contributed by atoms with Crippen molar-refractivity contribution in [3.05, 3.63) is 29.8 Å². The number of phenolic OH excluding ortho intramolecular Hbond substituents is 1. The molecule has 1 aromatic carbocycles. The van der Waals surface area contributed by atoms with Crippen LogP contribution in [0, 0.1) is 5.92 Å². The van der Waals surface area contributed by atoms with E-state index < -0.39 is 0 Å². The number of benzene rings is 1. The van der Waals surface area contributed by atoms with E-state index in [0.29, 0.717) is 11.7 Å². The Labute approximate surface area is 127 Å². The number of hydrogen-bond acceptors (Lipinski definition) is 3. The number of carbonyl (C=O) groups excluding carboxylic acids is 1. The van der Waals surface area contributed by atoms with Gasteiger partial charge in [-0.2, -0.15) is 0 Å². The lowest BCUT2D eigenvalue weighted by molar-refractivity contribution is -0.137. The first-order chi connectivity index (χ1) is 10.1. The molecule has 1 N–H and O–H groups in total. The third-order valence-corrected chi connectivity index (χ3v) is 4.27. The first-order valence-corrected chi connectivity index (χ1v) is 7.93. The lowest BCUT2D eigenvalue weighted by Crippen LogP contribution is -2.44. The number of carbonyl (C=O) groups is 1. The van der Waals surface area contributed by atoms with E-state index in [4.69, 9.17) is 0 Å². The Morgan fingerprint density at radius 3 is 2.57 bits per heavy atom. The highest BCUT2D eigenvalue weighted by molar-refractivity contribution is 5.79. The fourth-order valence-electron chi connectivity index (χ4n) is 3.05. The van der Waals surface area contributed by atoms with Crippen molar-refractivity contribution in [2.24, 2.45) is 5.92 Å². The van der Waals surface area contributed by atoms with Gasteiger partial charge in [0.25, 0.3) is 0 Å². The summed E-state index contributed by atoms with van der Waals surface area (Å²) < 4.78 is 0. The first-order valence-electron chi connectivity index (χ1n) is 7.93. The molecule has 2 rings (SSSR count). The third-order valence-electron chi connectivity index (χ3n) is 4.27. The molecule has 0 saturated carbocycles. The van der Waals surface area contributed by atoms with Crippen LogP contribution in [-0.2, 0) is 11.3 Å². The number of piperidine rings is 1. The third kappa shape index (κ3) is 4.21. The average Bonchev–Trinajstić information content (AvgIpc) is 2.51. The van der Waals surface area contributed by atoms with Crippen LogP contribution in [0.3, 0.4) is 0 Å². The van der Waals surface area contributed by atoms with E-state index in [1.54, 1.807) is 12.1 Å². The van der Waals surface area contributed by atoms with Crippen molar-refractivity contribution in [2.75, 3.05) is 26.2 Å². The molecule has 1 saturated heterocycles. The molecule has 1 amide bonds. The molecule has 116 valence electrons. The molecule has 1 aliphatic heterocycles.